The summed E-state index contributed by atoms with van der Waals surface area (Å²) in [6.07, 6.45) is 0. The predicted octanol–water partition coefficient (Wildman–Crippen LogP) is 3.30. The molecule has 2 aromatic rings. The van der Waals surface area contributed by atoms with E-state index in [0.717, 1.165) is 5.56 Å². The summed E-state index contributed by atoms with van der Waals surface area (Å²) < 4.78 is 33.8. The molecule has 24 heavy (non-hydrogen) atoms. The Balaban J connectivity index is 1.80. The molecule has 0 radical (unpaired) electrons. The van der Waals surface area contributed by atoms with Gasteiger partial charge in [0.2, 0.25) is 0 Å². The summed E-state index contributed by atoms with van der Waals surface area (Å²) in [5.74, 6) is 0.770. The predicted molar refractivity (Wildman–Crippen MR) is 85.1 cm³/mol. The second-order valence-electron chi connectivity index (χ2n) is 4.91. The summed E-state index contributed by atoms with van der Waals surface area (Å²) in [6.45, 7) is -2.33. The Hall–Kier alpha value is -2.83. The van der Waals surface area contributed by atoms with Gasteiger partial charge in [0, 0.05) is 13.1 Å². The molecule has 0 spiro atoms. The van der Waals surface area contributed by atoms with Crippen molar-refractivity contribution in [2.24, 2.45) is 0 Å². The fraction of sp³-hybridized carbons (Fsp3) is 0.235. The molecule has 0 heterocycles. The average Bonchev–Trinajstić information content (AvgIpc) is 2.58. The van der Waals surface area contributed by atoms with E-state index in [-0.39, 0.29) is 18.3 Å². The van der Waals surface area contributed by atoms with E-state index in [9.17, 15) is 13.6 Å². The Kier molecular flexibility index (Phi) is 6.36. The number of ether oxygens (including phenoxy) is 2. The maximum atomic E-state index is 12.2. The number of benzene rings is 2. The molecule has 128 valence electrons. The Morgan fingerprint density at radius 2 is 1.54 bits per heavy atom. The third-order valence-corrected chi connectivity index (χ3v) is 3.16. The van der Waals surface area contributed by atoms with Gasteiger partial charge in [0.1, 0.15) is 11.5 Å². The third kappa shape index (κ3) is 5.75. The van der Waals surface area contributed by atoms with Gasteiger partial charge in [0.25, 0.3) is 0 Å². The van der Waals surface area contributed by atoms with Crippen molar-refractivity contribution in [2.45, 2.75) is 19.7 Å². The molecule has 0 aliphatic heterocycles. The Bertz CT molecular complexity index is 680. The number of rotatable bonds is 7. The van der Waals surface area contributed by atoms with Crippen LogP contribution in [0.1, 0.15) is 11.1 Å². The van der Waals surface area contributed by atoms with Gasteiger partial charge in [0.05, 0.1) is 7.11 Å². The van der Waals surface area contributed by atoms with Crippen LogP contribution in [-0.4, -0.2) is 19.8 Å². The second kappa shape index (κ2) is 8.71. The van der Waals surface area contributed by atoms with Gasteiger partial charge < -0.3 is 20.1 Å². The van der Waals surface area contributed by atoms with Gasteiger partial charge >= 0.3 is 12.6 Å². The zero-order valence-corrected chi connectivity index (χ0v) is 13.1. The Morgan fingerprint density at radius 3 is 2.08 bits per heavy atom. The number of amides is 2. The molecular weight excluding hydrogens is 318 g/mol. The van der Waals surface area contributed by atoms with Crippen LogP contribution in [0.3, 0.4) is 0 Å². The normalized spacial score (nSPS) is 10.3. The number of hydrogen-bond acceptors (Lipinski definition) is 3. The molecule has 2 N–H and O–H groups in total. The molecule has 2 rings (SSSR count). The molecule has 0 fully saturated rings. The fourth-order valence-electron chi connectivity index (χ4n) is 2.04. The highest BCUT2D eigenvalue weighted by Crippen LogP contribution is 2.16. The molecule has 2 amide bonds. The van der Waals surface area contributed by atoms with Crippen molar-refractivity contribution in [1.29, 1.82) is 0 Å². The standard InChI is InChI=1S/C17H18F2N2O3/c1-23-14-6-2-4-12(8-14)10-20-17(22)21-11-13-5-3-7-15(9-13)24-16(18)19/h2-9,16H,10-11H2,1H3,(H2,20,21,22). The molecule has 0 aromatic heterocycles. The van der Waals surface area contributed by atoms with Gasteiger partial charge in [-0.2, -0.15) is 8.78 Å². The van der Waals surface area contributed by atoms with E-state index in [1.54, 1.807) is 19.2 Å². The van der Waals surface area contributed by atoms with Gasteiger partial charge in [-0.1, -0.05) is 24.3 Å². The number of urea groups is 1. The maximum absolute atomic E-state index is 12.2. The summed E-state index contributed by atoms with van der Waals surface area (Å²) in [5.41, 5.74) is 1.56. The van der Waals surface area contributed by atoms with Crippen LogP contribution in [0.2, 0.25) is 0 Å². The summed E-state index contributed by atoms with van der Waals surface area (Å²) >= 11 is 0. The smallest absolute Gasteiger partial charge is 0.387 e. The van der Waals surface area contributed by atoms with Crippen LogP contribution in [0.25, 0.3) is 0 Å². The molecule has 0 aliphatic rings. The number of halogens is 2. The van der Waals surface area contributed by atoms with E-state index in [4.69, 9.17) is 4.74 Å². The molecule has 0 unspecified atom stereocenters. The van der Waals surface area contributed by atoms with Crippen molar-refractivity contribution in [3.63, 3.8) is 0 Å². The summed E-state index contributed by atoms with van der Waals surface area (Å²) in [7, 11) is 1.57. The van der Waals surface area contributed by atoms with Crippen LogP contribution >= 0.6 is 0 Å². The molecular formula is C17H18F2N2O3. The minimum atomic E-state index is -2.88. The monoisotopic (exact) mass is 336 g/mol. The highest BCUT2D eigenvalue weighted by Gasteiger charge is 2.06. The largest absolute Gasteiger partial charge is 0.497 e. The first-order valence-electron chi connectivity index (χ1n) is 7.25. The van der Waals surface area contributed by atoms with Crippen LogP contribution in [-0.2, 0) is 13.1 Å². The van der Waals surface area contributed by atoms with Gasteiger partial charge in [-0.15, -0.1) is 0 Å². The van der Waals surface area contributed by atoms with Crippen LogP contribution in [0.15, 0.2) is 48.5 Å². The van der Waals surface area contributed by atoms with Crippen molar-refractivity contribution in [2.75, 3.05) is 7.11 Å². The van der Waals surface area contributed by atoms with Crippen LogP contribution < -0.4 is 20.1 Å². The van der Waals surface area contributed by atoms with Crippen molar-refractivity contribution in [3.8, 4) is 11.5 Å². The fourth-order valence-corrected chi connectivity index (χ4v) is 2.04. The number of alkyl halides is 2. The summed E-state index contributed by atoms with van der Waals surface area (Å²) in [4.78, 5) is 11.8. The zero-order chi connectivity index (χ0) is 17.4. The molecule has 0 bridgehead atoms. The minimum absolute atomic E-state index is 0.0566. The third-order valence-electron chi connectivity index (χ3n) is 3.16. The van der Waals surface area contributed by atoms with Gasteiger partial charge in [-0.25, -0.2) is 4.79 Å². The molecule has 5 nitrogen and oxygen atoms in total. The summed E-state index contributed by atoms with van der Waals surface area (Å²) in [6, 6.07) is 13.2. The molecule has 0 atom stereocenters. The van der Waals surface area contributed by atoms with E-state index in [1.807, 2.05) is 24.3 Å². The Morgan fingerprint density at radius 1 is 1.00 bits per heavy atom. The van der Waals surface area contributed by atoms with Crippen LogP contribution in [0.5, 0.6) is 11.5 Å². The maximum Gasteiger partial charge on any atom is 0.387 e. The number of hydrogen-bond donors (Lipinski definition) is 2. The van der Waals surface area contributed by atoms with Crippen molar-refractivity contribution in [1.82, 2.24) is 10.6 Å². The van der Waals surface area contributed by atoms with E-state index in [2.05, 4.69) is 15.4 Å². The van der Waals surface area contributed by atoms with E-state index < -0.39 is 6.61 Å². The zero-order valence-electron chi connectivity index (χ0n) is 13.1. The first kappa shape index (κ1) is 17.5. The number of carbonyl (C=O) groups excluding carboxylic acids is 1. The van der Waals surface area contributed by atoms with Crippen molar-refractivity contribution < 1.29 is 23.0 Å². The Labute approximate surface area is 138 Å². The lowest BCUT2D eigenvalue weighted by molar-refractivity contribution is -0.0498. The van der Waals surface area contributed by atoms with E-state index in [0.29, 0.717) is 17.9 Å². The number of methoxy groups -OCH3 is 1. The average molecular weight is 336 g/mol. The van der Waals surface area contributed by atoms with Gasteiger partial charge in [-0.05, 0) is 35.4 Å². The van der Waals surface area contributed by atoms with E-state index in [1.165, 1.54) is 12.1 Å². The van der Waals surface area contributed by atoms with Gasteiger partial charge in [0.15, 0.2) is 0 Å². The SMILES string of the molecule is COc1cccc(CNC(=O)NCc2cccc(OC(F)F)c2)c1. The number of carbonyl (C=O) groups is 1. The lowest BCUT2D eigenvalue weighted by Crippen LogP contribution is -2.34. The molecule has 0 saturated heterocycles. The molecule has 0 saturated carbocycles. The van der Waals surface area contributed by atoms with E-state index >= 15 is 0 Å². The quantitative estimate of drug-likeness (QED) is 0.816. The number of nitrogens with one attached hydrogen (secondary N) is 2. The highest BCUT2D eigenvalue weighted by atomic mass is 19.3. The first-order valence-corrected chi connectivity index (χ1v) is 7.25. The first-order chi connectivity index (χ1) is 11.6. The van der Waals surface area contributed by atoms with Crippen molar-refractivity contribution >= 4 is 6.03 Å². The summed E-state index contributed by atoms with van der Waals surface area (Å²) in [5, 5.41) is 5.36. The lowest BCUT2D eigenvalue weighted by atomic mass is 10.2. The minimum Gasteiger partial charge on any atom is -0.497 e. The van der Waals surface area contributed by atoms with Crippen LogP contribution in [0.4, 0.5) is 13.6 Å². The molecule has 7 heteroatoms. The van der Waals surface area contributed by atoms with Crippen LogP contribution in [0, 0.1) is 0 Å². The topological polar surface area (TPSA) is 59.6 Å². The van der Waals surface area contributed by atoms with Crippen molar-refractivity contribution in [3.05, 3.63) is 59.7 Å². The second-order valence-corrected chi connectivity index (χ2v) is 4.91. The lowest BCUT2D eigenvalue weighted by Gasteiger charge is -2.10. The molecule has 2 aromatic carbocycles. The molecule has 0 aliphatic carbocycles. The van der Waals surface area contributed by atoms with Gasteiger partial charge in [-0.3, -0.25) is 0 Å². The highest BCUT2D eigenvalue weighted by molar-refractivity contribution is 5.73.